The quantitative estimate of drug-likeness (QED) is 0.515. The van der Waals surface area contributed by atoms with E-state index in [0.29, 0.717) is 0 Å². The maximum Gasteiger partial charge on any atom is -0.0238 e. The van der Waals surface area contributed by atoms with Crippen LogP contribution in [-0.2, 0) is 32.1 Å². The third-order valence-electron chi connectivity index (χ3n) is 4.61. The van der Waals surface area contributed by atoms with E-state index in [2.05, 4.69) is 85.8 Å². The van der Waals surface area contributed by atoms with Crippen molar-refractivity contribution in [3.05, 3.63) is 107 Å². The van der Waals surface area contributed by atoms with E-state index in [1.165, 1.54) is 27.8 Å². The molecule has 0 amide bonds. The lowest BCUT2D eigenvalue weighted by Gasteiger charge is -2.10. The first-order valence-corrected chi connectivity index (χ1v) is 9.03. The van der Waals surface area contributed by atoms with Crippen LogP contribution in [0, 0.1) is 0 Å². The highest BCUT2D eigenvalue weighted by Gasteiger charge is 2.03. The molecular formula is C24H26. The minimum atomic E-state index is 1.11. The molecule has 0 saturated heterocycles. The van der Waals surface area contributed by atoms with Crippen LogP contribution in [-0.4, -0.2) is 0 Å². The van der Waals surface area contributed by atoms with Gasteiger partial charge in [0, 0.05) is 0 Å². The maximum absolute atomic E-state index is 2.41. The lowest BCUT2D eigenvalue weighted by Crippen LogP contribution is -1.98. The fourth-order valence-corrected chi connectivity index (χ4v) is 3.20. The summed E-state index contributed by atoms with van der Waals surface area (Å²) in [7, 11) is 0. The average molecular weight is 314 g/mol. The molecule has 0 nitrogen and oxygen atoms in total. The summed E-state index contributed by atoms with van der Waals surface area (Å²) in [6.45, 7) is 2.25. The average Bonchev–Trinajstić information content (AvgIpc) is 2.66. The van der Waals surface area contributed by atoms with Crippen LogP contribution in [0.5, 0.6) is 0 Å². The van der Waals surface area contributed by atoms with E-state index in [4.69, 9.17) is 0 Å². The van der Waals surface area contributed by atoms with Gasteiger partial charge in [-0.3, -0.25) is 0 Å². The standard InChI is InChI=1S/C24H26/c1-2-20-17-23(15-13-21-9-5-3-6-10-21)19-24(18-20)16-14-22-11-7-4-8-12-22/h3-12,17-19H,2,13-16H2,1H3. The SMILES string of the molecule is CCc1cc(CCc2ccccc2)cc(CCc2ccccc2)c1. The zero-order chi connectivity index (χ0) is 16.6. The molecule has 3 rings (SSSR count). The Morgan fingerprint density at radius 2 is 0.833 bits per heavy atom. The monoisotopic (exact) mass is 314 g/mol. The summed E-state index contributed by atoms with van der Waals surface area (Å²) < 4.78 is 0. The largest absolute Gasteiger partial charge is 0.0622 e. The first-order chi connectivity index (χ1) is 11.8. The number of rotatable bonds is 7. The molecule has 0 N–H and O–H groups in total. The third-order valence-corrected chi connectivity index (χ3v) is 4.61. The molecule has 3 aromatic carbocycles. The number of benzene rings is 3. The van der Waals surface area contributed by atoms with Gasteiger partial charge < -0.3 is 0 Å². The third kappa shape index (κ3) is 4.83. The van der Waals surface area contributed by atoms with Crippen LogP contribution in [0.15, 0.2) is 78.9 Å². The molecular weight excluding hydrogens is 288 g/mol. The van der Waals surface area contributed by atoms with E-state index in [1.54, 1.807) is 0 Å². The second kappa shape index (κ2) is 8.49. The molecule has 0 saturated carbocycles. The van der Waals surface area contributed by atoms with Gasteiger partial charge >= 0.3 is 0 Å². The predicted molar refractivity (Wildman–Crippen MR) is 104 cm³/mol. The van der Waals surface area contributed by atoms with E-state index >= 15 is 0 Å². The maximum atomic E-state index is 2.41. The van der Waals surface area contributed by atoms with Gasteiger partial charge in [-0.05, 0) is 59.9 Å². The highest BCUT2D eigenvalue weighted by atomic mass is 14.1. The van der Waals surface area contributed by atoms with Crippen LogP contribution in [0.2, 0.25) is 0 Å². The van der Waals surface area contributed by atoms with Crippen LogP contribution >= 0.6 is 0 Å². The van der Waals surface area contributed by atoms with Gasteiger partial charge in [0.25, 0.3) is 0 Å². The summed E-state index contributed by atoms with van der Waals surface area (Å²) in [5.41, 5.74) is 7.25. The molecule has 0 aromatic heterocycles. The van der Waals surface area contributed by atoms with Crippen molar-refractivity contribution in [3.8, 4) is 0 Å². The van der Waals surface area contributed by atoms with Crippen LogP contribution in [0.3, 0.4) is 0 Å². The molecule has 0 heterocycles. The number of hydrogen-bond acceptors (Lipinski definition) is 0. The van der Waals surface area contributed by atoms with Gasteiger partial charge in [-0.25, -0.2) is 0 Å². The fourth-order valence-electron chi connectivity index (χ4n) is 3.20. The van der Waals surface area contributed by atoms with Gasteiger partial charge in [-0.15, -0.1) is 0 Å². The molecule has 0 aliphatic rings. The predicted octanol–water partition coefficient (Wildman–Crippen LogP) is 5.82. The van der Waals surface area contributed by atoms with Crippen molar-refractivity contribution in [2.75, 3.05) is 0 Å². The van der Waals surface area contributed by atoms with Crippen LogP contribution < -0.4 is 0 Å². The Labute approximate surface area is 146 Å². The van der Waals surface area contributed by atoms with Crippen molar-refractivity contribution >= 4 is 0 Å². The summed E-state index contributed by atoms with van der Waals surface area (Å²) in [5, 5.41) is 0. The minimum Gasteiger partial charge on any atom is -0.0622 e. The Bertz CT molecular complexity index is 680. The molecule has 0 bridgehead atoms. The van der Waals surface area contributed by atoms with Crippen molar-refractivity contribution in [3.63, 3.8) is 0 Å². The van der Waals surface area contributed by atoms with Gasteiger partial charge in [0.05, 0.1) is 0 Å². The summed E-state index contributed by atoms with van der Waals surface area (Å²) in [5.74, 6) is 0. The molecule has 0 atom stereocenters. The smallest absolute Gasteiger partial charge is 0.0238 e. The molecule has 0 spiro atoms. The molecule has 24 heavy (non-hydrogen) atoms. The number of hydrogen-bond donors (Lipinski definition) is 0. The van der Waals surface area contributed by atoms with Gasteiger partial charge in [0.15, 0.2) is 0 Å². The zero-order valence-electron chi connectivity index (χ0n) is 14.5. The summed E-state index contributed by atoms with van der Waals surface area (Å²) >= 11 is 0. The van der Waals surface area contributed by atoms with Gasteiger partial charge in [-0.1, -0.05) is 85.8 Å². The van der Waals surface area contributed by atoms with Gasteiger partial charge in [0.2, 0.25) is 0 Å². The van der Waals surface area contributed by atoms with E-state index in [0.717, 1.165) is 32.1 Å². The normalized spacial score (nSPS) is 10.7. The molecule has 0 unspecified atom stereocenters. The van der Waals surface area contributed by atoms with Crippen molar-refractivity contribution in [1.82, 2.24) is 0 Å². The Morgan fingerprint density at radius 1 is 0.458 bits per heavy atom. The number of aryl methyl sites for hydroxylation is 5. The fraction of sp³-hybridized carbons (Fsp3) is 0.250. The summed E-state index contributed by atoms with van der Waals surface area (Å²) in [6.07, 6.45) is 5.59. The van der Waals surface area contributed by atoms with E-state index in [-0.39, 0.29) is 0 Å². The van der Waals surface area contributed by atoms with E-state index in [1.807, 2.05) is 0 Å². The van der Waals surface area contributed by atoms with Crippen molar-refractivity contribution in [2.24, 2.45) is 0 Å². The molecule has 0 fully saturated rings. The van der Waals surface area contributed by atoms with Crippen LogP contribution in [0.25, 0.3) is 0 Å². The van der Waals surface area contributed by atoms with Crippen molar-refractivity contribution < 1.29 is 0 Å². The Kier molecular flexibility index (Phi) is 5.85. The highest BCUT2D eigenvalue weighted by Crippen LogP contribution is 2.16. The minimum absolute atomic E-state index is 1.11. The lowest BCUT2D eigenvalue weighted by atomic mass is 9.96. The van der Waals surface area contributed by atoms with Crippen molar-refractivity contribution in [2.45, 2.75) is 39.0 Å². The van der Waals surface area contributed by atoms with Gasteiger partial charge in [-0.2, -0.15) is 0 Å². The topological polar surface area (TPSA) is 0 Å². The molecule has 0 aliphatic heterocycles. The van der Waals surface area contributed by atoms with Crippen molar-refractivity contribution in [1.29, 1.82) is 0 Å². The molecule has 122 valence electrons. The molecule has 0 heteroatoms. The van der Waals surface area contributed by atoms with Gasteiger partial charge in [0.1, 0.15) is 0 Å². The molecule has 0 aliphatic carbocycles. The Balaban J connectivity index is 1.68. The second-order valence-electron chi connectivity index (χ2n) is 6.48. The first kappa shape index (κ1) is 16.5. The first-order valence-electron chi connectivity index (χ1n) is 9.03. The molecule has 0 radical (unpaired) electrons. The Morgan fingerprint density at radius 3 is 1.25 bits per heavy atom. The summed E-state index contributed by atoms with van der Waals surface area (Å²) in [6, 6.07) is 28.7. The second-order valence-corrected chi connectivity index (χ2v) is 6.48. The summed E-state index contributed by atoms with van der Waals surface area (Å²) in [4.78, 5) is 0. The Hall–Kier alpha value is -2.34. The highest BCUT2D eigenvalue weighted by molar-refractivity contribution is 5.32. The zero-order valence-corrected chi connectivity index (χ0v) is 14.5. The molecule has 3 aromatic rings. The van der Waals surface area contributed by atoms with Crippen LogP contribution in [0.4, 0.5) is 0 Å². The van der Waals surface area contributed by atoms with Crippen LogP contribution in [0.1, 0.15) is 34.7 Å². The lowest BCUT2D eigenvalue weighted by molar-refractivity contribution is 0.921. The van der Waals surface area contributed by atoms with E-state index < -0.39 is 0 Å². The van der Waals surface area contributed by atoms with E-state index in [9.17, 15) is 0 Å².